The first-order valence-corrected chi connectivity index (χ1v) is 6.24. The third kappa shape index (κ3) is 2.80. The van der Waals surface area contributed by atoms with Crippen molar-refractivity contribution in [2.45, 2.75) is 20.4 Å². The fourth-order valence-electron chi connectivity index (χ4n) is 2.12. The predicted octanol–water partition coefficient (Wildman–Crippen LogP) is 1.16. The van der Waals surface area contributed by atoms with Crippen molar-refractivity contribution in [2.75, 3.05) is 7.11 Å². The number of rotatable bonds is 4. The average Bonchev–Trinajstić information content (AvgIpc) is 2.76. The van der Waals surface area contributed by atoms with E-state index in [0.29, 0.717) is 17.9 Å². The summed E-state index contributed by atoms with van der Waals surface area (Å²) in [5.41, 5.74) is 5.50. The Bertz CT molecular complexity index is 634. The fraction of sp³-hybridized carbons (Fsp3) is 0.286. The molecule has 0 unspecified atom stereocenters. The van der Waals surface area contributed by atoms with Crippen molar-refractivity contribution in [2.24, 2.45) is 5.84 Å². The molecular weight excluding hydrogens is 256 g/mol. The molecule has 0 aliphatic rings. The molecule has 106 valence electrons. The van der Waals surface area contributed by atoms with Crippen LogP contribution in [0.1, 0.15) is 27.3 Å². The summed E-state index contributed by atoms with van der Waals surface area (Å²) in [7, 11) is 1.60. The number of aromatic nitrogens is 2. The van der Waals surface area contributed by atoms with E-state index in [1.165, 1.54) is 0 Å². The molecule has 0 aliphatic heterocycles. The topological polar surface area (TPSA) is 82.2 Å². The van der Waals surface area contributed by atoms with Crippen LogP contribution in [0.15, 0.2) is 24.3 Å². The summed E-state index contributed by atoms with van der Waals surface area (Å²) in [6.07, 6.45) is 0. The number of nitrogens with zero attached hydrogens (tertiary/aromatic N) is 2. The van der Waals surface area contributed by atoms with Crippen LogP contribution in [0.2, 0.25) is 0 Å². The Morgan fingerprint density at radius 2 is 2.15 bits per heavy atom. The van der Waals surface area contributed by atoms with Crippen molar-refractivity contribution < 1.29 is 9.53 Å². The van der Waals surface area contributed by atoms with Crippen LogP contribution in [-0.4, -0.2) is 22.8 Å². The number of carbonyl (C=O) groups excluding carboxylic acids is 1. The summed E-state index contributed by atoms with van der Waals surface area (Å²) >= 11 is 0. The number of aryl methyl sites for hydroxylation is 2. The molecule has 0 radical (unpaired) electrons. The number of nitrogen functional groups attached to an aromatic ring is 1. The van der Waals surface area contributed by atoms with Crippen LogP contribution in [0.3, 0.4) is 0 Å². The standard InChI is InChI=1S/C14H18N4O2/c1-9-6-10(2)18(17-9)8-12-7-11(14(19)16-15)4-5-13(12)20-3/h4-7H,8,15H2,1-3H3,(H,16,19). The Morgan fingerprint density at radius 3 is 2.70 bits per heavy atom. The lowest BCUT2D eigenvalue weighted by Gasteiger charge is -2.11. The Hall–Kier alpha value is -2.34. The largest absolute Gasteiger partial charge is 0.496 e. The van der Waals surface area contributed by atoms with Gasteiger partial charge in [-0.05, 0) is 38.1 Å². The van der Waals surface area contributed by atoms with E-state index < -0.39 is 0 Å². The van der Waals surface area contributed by atoms with Crippen molar-refractivity contribution in [3.63, 3.8) is 0 Å². The summed E-state index contributed by atoms with van der Waals surface area (Å²) in [6.45, 7) is 4.47. The first kappa shape index (κ1) is 14.1. The molecule has 2 rings (SSSR count). The van der Waals surface area contributed by atoms with Gasteiger partial charge in [0.2, 0.25) is 0 Å². The summed E-state index contributed by atoms with van der Waals surface area (Å²) in [5.74, 6) is 5.54. The Balaban J connectivity index is 2.38. The summed E-state index contributed by atoms with van der Waals surface area (Å²) in [5, 5.41) is 4.41. The van der Waals surface area contributed by atoms with E-state index in [-0.39, 0.29) is 5.91 Å². The van der Waals surface area contributed by atoms with Gasteiger partial charge >= 0.3 is 0 Å². The van der Waals surface area contributed by atoms with Gasteiger partial charge in [-0.15, -0.1) is 0 Å². The van der Waals surface area contributed by atoms with E-state index in [1.807, 2.05) is 24.6 Å². The van der Waals surface area contributed by atoms with Crippen LogP contribution in [-0.2, 0) is 6.54 Å². The number of benzene rings is 1. The zero-order valence-electron chi connectivity index (χ0n) is 11.8. The Labute approximate surface area is 117 Å². The third-order valence-electron chi connectivity index (χ3n) is 3.10. The van der Waals surface area contributed by atoms with Gasteiger partial charge < -0.3 is 4.74 Å². The minimum absolute atomic E-state index is 0.331. The van der Waals surface area contributed by atoms with E-state index in [9.17, 15) is 4.79 Å². The van der Waals surface area contributed by atoms with Gasteiger partial charge in [0.05, 0.1) is 19.3 Å². The van der Waals surface area contributed by atoms with E-state index >= 15 is 0 Å². The molecule has 20 heavy (non-hydrogen) atoms. The van der Waals surface area contributed by atoms with E-state index in [0.717, 1.165) is 17.0 Å². The molecule has 1 amide bonds. The third-order valence-corrected chi connectivity index (χ3v) is 3.10. The zero-order valence-corrected chi connectivity index (χ0v) is 11.8. The Kier molecular flexibility index (Phi) is 4.05. The maximum absolute atomic E-state index is 11.6. The second-order valence-electron chi connectivity index (χ2n) is 4.58. The minimum atomic E-state index is -0.331. The molecule has 1 aromatic carbocycles. The van der Waals surface area contributed by atoms with Gasteiger partial charge in [-0.1, -0.05) is 0 Å². The lowest BCUT2D eigenvalue weighted by Crippen LogP contribution is -2.30. The van der Waals surface area contributed by atoms with Gasteiger partial charge in [-0.25, -0.2) is 5.84 Å². The lowest BCUT2D eigenvalue weighted by molar-refractivity contribution is 0.0953. The van der Waals surface area contributed by atoms with Gasteiger partial charge in [-0.2, -0.15) is 5.10 Å². The lowest BCUT2D eigenvalue weighted by atomic mass is 10.1. The second-order valence-corrected chi connectivity index (χ2v) is 4.58. The van der Waals surface area contributed by atoms with Crippen molar-refractivity contribution >= 4 is 5.91 Å². The highest BCUT2D eigenvalue weighted by Crippen LogP contribution is 2.21. The maximum atomic E-state index is 11.6. The van der Waals surface area contributed by atoms with Gasteiger partial charge in [0.1, 0.15) is 5.75 Å². The van der Waals surface area contributed by atoms with Crippen LogP contribution in [0.25, 0.3) is 0 Å². The monoisotopic (exact) mass is 274 g/mol. The van der Waals surface area contributed by atoms with Crippen LogP contribution < -0.4 is 16.0 Å². The number of nitrogens with two attached hydrogens (primary N) is 1. The number of nitrogens with one attached hydrogen (secondary N) is 1. The highest BCUT2D eigenvalue weighted by molar-refractivity contribution is 5.94. The number of methoxy groups -OCH3 is 1. The molecule has 0 spiro atoms. The minimum Gasteiger partial charge on any atom is -0.496 e. The maximum Gasteiger partial charge on any atom is 0.265 e. The predicted molar refractivity (Wildman–Crippen MR) is 75.5 cm³/mol. The molecule has 0 saturated heterocycles. The van der Waals surface area contributed by atoms with Crippen LogP contribution in [0.4, 0.5) is 0 Å². The number of carbonyl (C=O) groups is 1. The number of amides is 1. The van der Waals surface area contributed by atoms with E-state index in [4.69, 9.17) is 10.6 Å². The fourth-order valence-corrected chi connectivity index (χ4v) is 2.12. The van der Waals surface area contributed by atoms with E-state index in [1.54, 1.807) is 25.3 Å². The first-order valence-electron chi connectivity index (χ1n) is 6.24. The van der Waals surface area contributed by atoms with Gasteiger partial charge in [0.25, 0.3) is 5.91 Å². The molecule has 0 fully saturated rings. The quantitative estimate of drug-likeness (QED) is 0.498. The van der Waals surface area contributed by atoms with Crippen molar-refractivity contribution in [1.29, 1.82) is 0 Å². The average molecular weight is 274 g/mol. The smallest absolute Gasteiger partial charge is 0.265 e. The molecule has 0 bridgehead atoms. The first-order chi connectivity index (χ1) is 9.55. The van der Waals surface area contributed by atoms with Gasteiger partial charge in [-0.3, -0.25) is 14.9 Å². The molecule has 0 atom stereocenters. The van der Waals surface area contributed by atoms with Crippen molar-refractivity contribution in [3.05, 3.63) is 46.8 Å². The molecule has 0 aliphatic carbocycles. The van der Waals surface area contributed by atoms with Crippen molar-refractivity contribution in [3.8, 4) is 5.75 Å². The highest BCUT2D eigenvalue weighted by atomic mass is 16.5. The summed E-state index contributed by atoms with van der Waals surface area (Å²) in [6, 6.07) is 7.19. The second kappa shape index (κ2) is 5.75. The zero-order chi connectivity index (χ0) is 14.7. The number of hydrogen-bond acceptors (Lipinski definition) is 4. The molecule has 1 heterocycles. The molecular formula is C14H18N4O2. The van der Waals surface area contributed by atoms with Crippen LogP contribution in [0.5, 0.6) is 5.75 Å². The molecule has 2 aromatic rings. The molecule has 3 N–H and O–H groups in total. The molecule has 1 aromatic heterocycles. The van der Waals surface area contributed by atoms with Crippen LogP contribution in [0, 0.1) is 13.8 Å². The number of hydrazine groups is 1. The summed E-state index contributed by atoms with van der Waals surface area (Å²) < 4.78 is 7.20. The number of ether oxygens (including phenoxy) is 1. The van der Waals surface area contributed by atoms with E-state index in [2.05, 4.69) is 10.5 Å². The SMILES string of the molecule is COc1ccc(C(=O)NN)cc1Cn1nc(C)cc1C. The molecule has 6 nitrogen and oxygen atoms in total. The normalized spacial score (nSPS) is 10.4. The number of hydrogen-bond donors (Lipinski definition) is 2. The molecule has 6 heteroatoms. The van der Waals surface area contributed by atoms with Gasteiger partial charge in [0, 0.05) is 16.8 Å². The van der Waals surface area contributed by atoms with Crippen LogP contribution >= 0.6 is 0 Å². The van der Waals surface area contributed by atoms with Crippen molar-refractivity contribution in [1.82, 2.24) is 15.2 Å². The summed E-state index contributed by atoms with van der Waals surface area (Å²) in [4.78, 5) is 11.6. The van der Waals surface area contributed by atoms with Gasteiger partial charge in [0.15, 0.2) is 0 Å². The molecule has 0 saturated carbocycles. The highest BCUT2D eigenvalue weighted by Gasteiger charge is 2.11. The Morgan fingerprint density at radius 1 is 1.40 bits per heavy atom.